The third kappa shape index (κ3) is 2.85. The van der Waals surface area contributed by atoms with Crippen LogP contribution in [0.4, 0.5) is 0 Å². The van der Waals surface area contributed by atoms with Crippen LogP contribution in [-0.2, 0) is 0 Å². The number of aromatic nitrogens is 2. The summed E-state index contributed by atoms with van der Waals surface area (Å²) in [6, 6.07) is 1.05. The molecule has 4 rings (SSSR count). The summed E-state index contributed by atoms with van der Waals surface area (Å²) in [4.78, 5) is 7.39. The molecule has 3 fully saturated rings. The van der Waals surface area contributed by atoms with Gasteiger partial charge in [0.25, 0.3) is 0 Å². The zero-order valence-electron chi connectivity index (χ0n) is 12.5. The first-order chi connectivity index (χ1) is 10.4. The molecule has 0 spiro atoms. The van der Waals surface area contributed by atoms with Gasteiger partial charge in [0.1, 0.15) is 0 Å². The average molecular weight is 308 g/mol. The smallest absolute Gasteiger partial charge is 0.244 e. The first kappa shape index (κ1) is 14.0. The molecule has 0 amide bonds. The van der Waals surface area contributed by atoms with E-state index in [2.05, 4.69) is 15.4 Å². The fourth-order valence-corrected chi connectivity index (χ4v) is 5.12. The fraction of sp³-hybridized carbons (Fsp3) is 0.867. The lowest BCUT2D eigenvalue weighted by Gasteiger charge is -2.34. The predicted molar refractivity (Wildman–Crippen MR) is 83.3 cm³/mol. The Bertz CT molecular complexity index is 468. The van der Waals surface area contributed by atoms with Crippen molar-refractivity contribution in [2.24, 2.45) is 0 Å². The first-order valence-electron chi connectivity index (χ1n) is 8.33. The SMILES string of the molecule is C1CSC(c2noc(C3CCCN3C3CCNCC3)n2)C1. The number of nitrogens with one attached hydrogen (secondary N) is 1. The maximum absolute atomic E-state index is 5.65. The summed E-state index contributed by atoms with van der Waals surface area (Å²) in [7, 11) is 0. The molecular formula is C15H24N4OS. The van der Waals surface area contributed by atoms with E-state index in [0.717, 1.165) is 24.8 Å². The van der Waals surface area contributed by atoms with Crippen molar-refractivity contribution >= 4 is 11.8 Å². The summed E-state index contributed by atoms with van der Waals surface area (Å²) in [5.74, 6) is 3.04. The molecule has 0 aliphatic carbocycles. The molecule has 21 heavy (non-hydrogen) atoms. The molecule has 116 valence electrons. The van der Waals surface area contributed by atoms with E-state index in [9.17, 15) is 0 Å². The molecule has 5 nitrogen and oxygen atoms in total. The van der Waals surface area contributed by atoms with Crippen molar-refractivity contribution in [2.75, 3.05) is 25.4 Å². The van der Waals surface area contributed by atoms with Crippen LogP contribution >= 0.6 is 11.8 Å². The van der Waals surface area contributed by atoms with Crippen molar-refractivity contribution in [3.63, 3.8) is 0 Å². The molecule has 0 bridgehead atoms. The lowest BCUT2D eigenvalue weighted by Crippen LogP contribution is -2.42. The minimum absolute atomic E-state index is 0.362. The summed E-state index contributed by atoms with van der Waals surface area (Å²) >= 11 is 1.97. The van der Waals surface area contributed by atoms with Crippen LogP contribution in [-0.4, -0.2) is 46.5 Å². The predicted octanol–water partition coefficient (Wildman–Crippen LogP) is 2.53. The fourth-order valence-electron chi connectivity index (χ4n) is 3.92. The maximum Gasteiger partial charge on any atom is 0.244 e. The molecule has 3 aliphatic heterocycles. The number of hydrogen-bond acceptors (Lipinski definition) is 6. The van der Waals surface area contributed by atoms with E-state index in [0.29, 0.717) is 17.3 Å². The lowest BCUT2D eigenvalue weighted by molar-refractivity contribution is 0.126. The Morgan fingerprint density at radius 3 is 2.86 bits per heavy atom. The maximum atomic E-state index is 5.65. The highest BCUT2D eigenvalue weighted by Gasteiger charge is 2.36. The second-order valence-electron chi connectivity index (χ2n) is 6.37. The largest absolute Gasteiger partial charge is 0.338 e. The van der Waals surface area contributed by atoms with Crippen LogP contribution in [0.5, 0.6) is 0 Å². The zero-order chi connectivity index (χ0) is 14.1. The highest BCUT2D eigenvalue weighted by molar-refractivity contribution is 7.99. The number of hydrogen-bond donors (Lipinski definition) is 1. The quantitative estimate of drug-likeness (QED) is 0.926. The molecule has 2 unspecified atom stereocenters. The van der Waals surface area contributed by atoms with Gasteiger partial charge >= 0.3 is 0 Å². The third-order valence-corrected chi connectivity index (χ3v) is 6.41. The molecule has 1 N–H and O–H groups in total. The number of nitrogens with zero attached hydrogens (tertiary/aromatic N) is 3. The van der Waals surface area contributed by atoms with Gasteiger partial charge in [0.15, 0.2) is 5.82 Å². The van der Waals surface area contributed by atoms with Gasteiger partial charge < -0.3 is 9.84 Å². The first-order valence-corrected chi connectivity index (χ1v) is 9.38. The number of rotatable bonds is 3. The van der Waals surface area contributed by atoms with Crippen molar-refractivity contribution < 1.29 is 4.52 Å². The Kier molecular flexibility index (Phi) is 4.18. The van der Waals surface area contributed by atoms with Gasteiger partial charge in [-0.3, -0.25) is 4.90 Å². The van der Waals surface area contributed by atoms with E-state index >= 15 is 0 Å². The van der Waals surface area contributed by atoms with Crippen molar-refractivity contribution in [3.05, 3.63) is 11.7 Å². The Morgan fingerprint density at radius 2 is 2.05 bits per heavy atom. The van der Waals surface area contributed by atoms with Gasteiger partial charge in [0.05, 0.1) is 11.3 Å². The molecule has 2 atom stereocenters. The Hall–Kier alpha value is -0.590. The summed E-state index contributed by atoms with van der Waals surface area (Å²) in [6.07, 6.45) is 7.40. The van der Waals surface area contributed by atoms with Crippen LogP contribution in [0.25, 0.3) is 0 Å². The summed E-state index contributed by atoms with van der Waals surface area (Å²) in [6.45, 7) is 3.47. The Morgan fingerprint density at radius 1 is 1.14 bits per heavy atom. The van der Waals surface area contributed by atoms with Gasteiger partial charge in [-0.15, -0.1) is 0 Å². The number of likely N-dealkylation sites (tertiary alicyclic amines) is 1. The van der Waals surface area contributed by atoms with E-state index in [1.165, 1.54) is 50.8 Å². The second-order valence-corrected chi connectivity index (χ2v) is 7.68. The number of thioether (sulfide) groups is 1. The molecular weight excluding hydrogens is 284 g/mol. The van der Waals surface area contributed by atoms with E-state index < -0.39 is 0 Å². The van der Waals surface area contributed by atoms with Gasteiger partial charge in [-0.25, -0.2) is 0 Å². The van der Waals surface area contributed by atoms with Crippen LogP contribution in [0.2, 0.25) is 0 Å². The van der Waals surface area contributed by atoms with Gasteiger partial charge in [0, 0.05) is 6.04 Å². The van der Waals surface area contributed by atoms with Gasteiger partial charge in [-0.05, 0) is 63.9 Å². The molecule has 3 saturated heterocycles. The topological polar surface area (TPSA) is 54.2 Å². The summed E-state index contributed by atoms with van der Waals surface area (Å²) in [5.41, 5.74) is 0. The summed E-state index contributed by atoms with van der Waals surface area (Å²) < 4.78 is 5.65. The van der Waals surface area contributed by atoms with Crippen LogP contribution in [0, 0.1) is 0 Å². The highest BCUT2D eigenvalue weighted by atomic mass is 32.2. The second kappa shape index (κ2) is 6.26. The van der Waals surface area contributed by atoms with E-state index in [1.807, 2.05) is 11.8 Å². The van der Waals surface area contributed by atoms with E-state index in [-0.39, 0.29) is 0 Å². The van der Waals surface area contributed by atoms with Crippen LogP contribution in [0.15, 0.2) is 4.52 Å². The van der Waals surface area contributed by atoms with Crippen molar-refractivity contribution in [1.29, 1.82) is 0 Å². The van der Waals surface area contributed by atoms with Crippen LogP contribution < -0.4 is 5.32 Å². The van der Waals surface area contributed by atoms with Crippen LogP contribution in [0.3, 0.4) is 0 Å². The Labute approximate surface area is 130 Å². The molecule has 1 aromatic rings. The minimum atomic E-state index is 0.362. The summed E-state index contributed by atoms with van der Waals surface area (Å²) in [5, 5.41) is 8.20. The molecule has 4 heterocycles. The molecule has 6 heteroatoms. The van der Waals surface area contributed by atoms with Crippen LogP contribution in [0.1, 0.15) is 61.5 Å². The minimum Gasteiger partial charge on any atom is -0.338 e. The standard InChI is InChI=1S/C15H24N4OS/c1-3-12(19(9-1)11-5-7-16-8-6-11)15-17-14(18-20-15)13-4-2-10-21-13/h11-13,16H,1-10H2. The molecule has 0 radical (unpaired) electrons. The van der Waals surface area contributed by atoms with E-state index in [1.54, 1.807) is 0 Å². The number of piperidine rings is 1. The zero-order valence-corrected chi connectivity index (χ0v) is 13.3. The van der Waals surface area contributed by atoms with Crippen molar-refractivity contribution in [3.8, 4) is 0 Å². The Balaban J connectivity index is 1.48. The highest BCUT2D eigenvalue weighted by Crippen LogP contribution is 2.40. The van der Waals surface area contributed by atoms with Crippen molar-refractivity contribution in [2.45, 2.75) is 55.9 Å². The third-order valence-electron chi connectivity index (χ3n) is 5.03. The van der Waals surface area contributed by atoms with E-state index in [4.69, 9.17) is 9.51 Å². The molecule has 3 aliphatic rings. The lowest BCUT2D eigenvalue weighted by atomic mass is 10.0. The molecule has 1 aromatic heterocycles. The monoisotopic (exact) mass is 308 g/mol. The molecule has 0 aromatic carbocycles. The van der Waals surface area contributed by atoms with Gasteiger partial charge in [0.2, 0.25) is 5.89 Å². The van der Waals surface area contributed by atoms with Crippen molar-refractivity contribution in [1.82, 2.24) is 20.4 Å². The van der Waals surface area contributed by atoms with Gasteiger partial charge in [-0.2, -0.15) is 16.7 Å². The normalized spacial score (nSPS) is 32.0. The van der Waals surface area contributed by atoms with Gasteiger partial charge in [-0.1, -0.05) is 5.16 Å². The average Bonchev–Trinajstić information content (AvgIpc) is 3.27. The molecule has 0 saturated carbocycles.